The third-order valence-corrected chi connectivity index (χ3v) is 3.82. The van der Waals surface area contributed by atoms with Gasteiger partial charge in [-0.2, -0.15) is 48.3 Å². The first-order valence-corrected chi connectivity index (χ1v) is 7.25. The minimum Gasteiger partial charge on any atom is -0.333 e. The predicted octanol–water partition coefficient (Wildman–Crippen LogP) is 6.53. The van der Waals surface area contributed by atoms with Crippen molar-refractivity contribution in [3.63, 3.8) is 0 Å². The fourth-order valence-electron chi connectivity index (χ4n) is 2.01. The molecule has 150 valence electrons. The molecule has 1 heterocycles. The summed E-state index contributed by atoms with van der Waals surface area (Å²) in [5.74, 6) is -6.63. The lowest BCUT2D eigenvalue weighted by atomic mass is 9.99. The van der Waals surface area contributed by atoms with Gasteiger partial charge in [0.25, 0.3) is 0 Å². The quantitative estimate of drug-likeness (QED) is 0.490. The van der Waals surface area contributed by atoms with Crippen LogP contribution in [-0.2, 0) is 18.3 Å². The van der Waals surface area contributed by atoms with Gasteiger partial charge in [-0.15, -0.1) is 0 Å². The van der Waals surface area contributed by atoms with Crippen molar-refractivity contribution in [2.75, 3.05) is 0 Å². The number of benzene rings is 1. The maximum Gasteiger partial charge on any atom is 0.458 e. The first-order chi connectivity index (χ1) is 12.0. The van der Waals surface area contributed by atoms with E-state index in [2.05, 4.69) is 20.9 Å². The number of hydrogen-bond donors (Lipinski definition) is 1. The molecule has 0 aliphatic heterocycles. The summed E-state index contributed by atoms with van der Waals surface area (Å²) < 4.78 is 140. The minimum atomic E-state index is -6.17. The van der Waals surface area contributed by atoms with E-state index in [4.69, 9.17) is 0 Å². The van der Waals surface area contributed by atoms with E-state index in [1.165, 1.54) is 0 Å². The molecule has 0 saturated carbocycles. The van der Waals surface area contributed by atoms with Gasteiger partial charge in [-0.25, -0.2) is 4.98 Å². The highest BCUT2D eigenvalue weighted by molar-refractivity contribution is 9.10. The first-order valence-electron chi connectivity index (χ1n) is 6.45. The molecule has 1 N–H and O–H groups in total. The van der Waals surface area contributed by atoms with E-state index in [-0.39, 0.29) is 12.1 Å². The maximum atomic E-state index is 13.3. The van der Waals surface area contributed by atoms with E-state index in [1.54, 1.807) is 4.98 Å². The SMILES string of the molecule is FC(F)(F)c1cc(C(F)(F)C(F)(F)F)ccc1-c1nc(Br)c(C(F)(F)F)[nH]1. The number of imidazole rings is 1. The summed E-state index contributed by atoms with van der Waals surface area (Å²) in [4.78, 5) is 4.74. The fraction of sp³-hybridized carbons (Fsp3) is 0.308. The van der Waals surface area contributed by atoms with Crippen LogP contribution in [0.1, 0.15) is 16.8 Å². The Morgan fingerprint density at radius 3 is 1.78 bits per heavy atom. The van der Waals surface area contributed by atoms with Crippen molar-refractivity contribution in [3.05, 3.63) is 39.6 Å². The van der Waals surface area contributed by atoms with Crippen molar-refractivity contribution in [2.45, 2.75) is 24.5 Å². The number of halogens is 12. The topological polar surface area (TPSA) is 28.7 Å². The molecule has 0 radical (unpaired) electrons. The molecule has 0 aliphatic carbocycles. The molecular weight excluding hydrogens is 473 g/mol. The fourth-order valence-corrected chi connectivity index (χ4v) is 2.51. The zero-order valence-electron chi connectivity index (χ0n) is 12.2. The molecule has 0 fully saturated rings. The molecule has 0 spiro atoms. The molecule has 2 aromatic rings. The molecule has 0 amide bonds. The number of aromatic amines is 1. The van der Waals surface area contributed by atoms with Crippen LogP contribution in [0, 0.1) is 0 Å². The van der Waals surface area contributed by atoms with Crippen molar-refractivity contribution in [1.29, 1.82) is 0 Å². The highest BCUT2D eigenvalue weighted by Crippen LogP contribution is 2.47. The molecule has 2 nitrogen and oxygen atoms in total. The summed E-state index contributed by atoms with van der Waals surface area (Å²) in [5, 5.41) is 0. The lowest BCUT2D eigenvalue weighted by Crippen LogP contribution is -2.34. The number of nitrogens with one attached hydrogen (secondary N) is 1. The van der Waals surface area contributed by atoms with Gasteiger partial charge >= 0.3 is 24.5 Å². The van der Waals surface area contributed by atoms with Gasteiger partial charge in [0, 0.05) is 11.1 Å². The zero-order valence-corrected chi connectivity index (χ0v) is 13.8. The van der Waals surface area contributed by atoms with Gasteiger partial charge in [0.05, 0.1) is 5.56 Å². The van der Waals surface area contributed by atoms with Crippen LogP contribution in [0.25, 0.3) is 11.4 Å². The van der Waals surface area contributed by atoms with Crippen LogP contribution < -0.4 is 0 Å². The summed E-state index contributed by atoms with van der Waals surface area (Å²) in [5.41, 5.74) is -6.73. The van der Waals surface area contributed by atoms with E-state index in [0.29, 0.717) is 0 Å². The summed E-state index contributed by atoms with van der Waals surface area (Å²) >= 11 is 2.39. The van der Waals surface area contributed by atoms with Gasteiger partial charge < -0.3 is 4.98 Å². The van der Waals surface area contributed by atoms with Gasteiger partial charge in [-0.05, 0) is 22.0 Å². The Kier molecular flexibility index (Phi) is 5.04. The number of alkyl halides is 11. The number of nitrogens with zero attached hydrogens (tertiary/aromatic N) is 1. The smallest absolute Gasteiger partial charge is 0.333 e. The first kappa shape index (κ1) is 21.4. The second-order valence-corrected chi connectivity index (χ2v) is 5.83. The summed E-state index contributed by atoms with van der Waals surface area (Å²) in [6.45, 7) is 0. The Balaban J connectivity index is 2.70. The molecule has 27 heavy (non-hydrogen) atoms. The third kappa shape index (κ3) is 4.04. The Morgan fingerprint density at radius 1 is 0.815 bits per heavy atom. The number of hydrogen-bond acceptors (Lipinski definition) is 1. The van der Waals surface area contributed by atoms with Crippen molar-refractivity contribution in [2.24, 2.45) is 0 Å². The third-order valence-electron chi connectivity index (χ3n) is 3.24. The second kappa shape index (κ2) is 6.34. The molecule has 2 rings (SSSR count). The Morgan fingerprint density at radius 2 is 1.37 bits per heavy atom. The summed E-state index contributed by atoms with van der Waals surface area (Å²) in [6.07, 6.45) is -16.7. The molecule has 0 aliphatic rings. The highest BCUT2D eigenvalue weighted by Gasteiger charge is 2.59. The van der Waals surface area contributed by atoms with E-state index in [1.807, 2.05) is 0 Å². The molecule has 0 unspecified atom stereocenters. The number of rotatable bonds is 2. The van der Waals surface area contributed by atoms with Gasteiger partial charge in [-0.1, -0.05) is 12.1 Å². The number of aromatic nitrogens is 2. The molecular formula is C13H4BrF11N2. The van der Waals surface area contributed by atoms with Gasteiger partial charge in [0.1, 0.15) is 10.4 Å². The normalized spacial score (nSPS) is 13.9. The van der Waals surface area contributed by atoms with Gasteiger partial charge in [0.2, 0.25) is 0 Å². The molecule has 14 heteroatoms. The average Bonchev–Trinajstić information content (AvgIpc) is 2.86. The molecule has 0 saturated heterocycles. The molecule has 1 aromatic carbocycles. The highest BCUT2D eigenvalue weighted by atomic mass is 79.9. The van der Waals surface area contributed by atoms with Crippen LogP contribution in [0.2, 0.25) is 0 Å². The molecule has 1 aromatic heterocycles. The average molecular weight is 477 g/mol. The van der Waals surface area contributed by atoms with Gasteiger partial charge in [-0.3, -0.25) is 0 Å². The Hall–Kier alpha value is -1.86. The lowest BCUT2D eigenvalue weighted by molar-refractivity contribution is -0.289. The summed E-state index contributed by atoms with van der Waals surface area (Å²) in [7, 11) is 0. The summed E-state index contributed by atoms with van der Waals surface area (Å²) in [6, 6.07) is -0.266. The second-order valence-electron chi connectivity index (χ2n) is 5.08. The van der Waals surface area contributed by atoms with Crippen molar-refractivity contribution in [3.8, 4) is 11.4 Å². The van der Waals surface area contributed by atoms with E-state index in [0.717, 1.165) is 0 Å². The molecule has 0 bridgehead atoms. The predicted molar refractivity (Wildman–Crippen MR) is 71.7 cm³/mol. The Labute approximate surface area is 150 Å². The van der Waals surface area contributed by atoms with Crippen LogP contribution >= 0.6 is 15.9 Å². The van der Waals surface area contributed by atoms with Crippen molar-refractivity contribution in [1.82, 2.24) is 9.97 Å². The van der Waals surface area contributed by atoms with Crippen LogP contribution in [0.15, 0.2) is 22.8 Å². The largest absolute Gasteiger partial charge is 0.458 e. The van der Waals surface area contributed by atoms with Crippen LogP contribution in [0.4, 0.5) is 48.3 Å². The minimum absolute atomic E-state index is 0.0295. The van der Waals surface area contributed by atoms with Crippen molar-refractivity contribution < 1.29 is 48.3 Å². The van der Waals surface area contributed by atoms with Crippen LogP contribution in [-0.4, -0.2) is 16.1 Å². The van der Waals surface area contributed by atoms with E-state index in [9.17, 15) is 48.3 Å². The van der Waals surface area contributed by atoms with Gasteiger partial charge in [0.15, 0.2) is 5.69 Å². The molecule has 0 atom stereocenters. The monoisotopic (exact) mass is 476 g/mol. The zero-order chi connectivity index (χ0) is 21.0. The lowest BCUT2D eigenvalue weighted by Gasteiger charge is -2.21. The van der Waals surface area contributed by atoms with Crippen LogP contribution in [0.3, 0.4) is 0 Å². The Bertz CT molecular complexity index is 845. The standard InChI is InChI=1S/C13H4BrF11N2/c14-8-7(12(20,21)22)26-9(27-8)5-2-1-4(3-6(5)11(17,18)19)10(15,16)13(23,24)25/h1-3H,(H,26,27). The number of H-pyrrole nitrogens is 1. The maximum absolute atomic E-state index is 13.3. The van der Waals surface area contributed by atoms with E-state index >= 15 is 0 Å². The van der Waals surface area contributed by atoms with Crippen LogP contribution in [0.5, 0.6) is 0 Å². The van der Waals surface area contributed by atoms with Crippen molar-refractivity contribution >= 4 is 15.9 Å². The van der Waals surface area contributed by atoms with E-state index < -0.39 is 63.3 Å².